The van der Waals surface area contributed by atoms with E-state index in [4.69, 9.17) is 5.11 Å². The number of nitrogens with one attached hydrogen (secondary N) is 2. The molecule has 0 rings (SSSR count). The quantitative estimate of drug-likeness (QED) is 0.622. The highest BCUT2D eigenvalue weighted by Crippen LogP contribution is 2.15. The zero-order chi connectivity index (χ0) is 14.4. The minimum Gasteiger partial charge on any atom is -0.396 e. The maximum absolute atomic E-state index is 12.1. The zero-order valence-electron chi connectivity index (χ0n) is 12.8. The van der Waals surface area contributed by atoms with Crippen molar-refractivity contribution in [3.8, 4) is 0 Å². The fourth-order valence-electron chi connectivity index (χ4n) is 1.72. The van der Waals surface area contributed by atoms with Crippen molar-refractivity contribution in [1.82, 2.24) is 10.6 Å². The topological polar surface area (TPSA) is 61.4 Å². The smallest absolute Gasteiger partial charge is 0.237 e. The molecule has 0 aromatic heterocycles. The molecule has 2 unspecified atom stereocenters. The fraction of sp³-hybridized carbons (Fsp3) is 0.929. The molecule has 4 heteroatoms. The van der Waals surface area contributed by atoms with Gasteiger partial charge in [0.2, 0.25) is 5.91 Å². The summed E-state index contributed by atoms with van der Waals surface area (Å²) in [6.07, 6.45) is 2.42. The first-order valence-electron chi connectivity index (χ1n) is 6.90. The van der Waals surface area contributed by atoms with Gasteiger partial charge in [-0.2, -0.15) is 0 Å². The molecular formula is C14H30N2O2. The van der Waals surface area contributed by atoms with Gasteiger partial charge in [0.05, 0.1) is 6.04 Å². The summed E-state index contributed by atoms with van der Waals surface area (Å²) in [6, 6.07) is -0.257. The van der Waals surface area contributed by atoms with E-state index in [0.717, 1.165) is 12.8 Å². The van der Waals surface area contributed by atoms with Gasteiger partial charge in [0, 0.05) is 17.7 Å². The summed E-state index contributed by atoms with van der Waals surface area (Å²) in [6.45, 7) is 12.2. The van der Waals surface area contributed by atoms with Crippen LogP contribution >= 0.6 is 0 Å². The Kier molecular flexibility index (Phi) is 6.86. The van der Waals surface area contributed by atoms with Gasteiger partial charge in [-0.15, -0.1) is 0 Å². The van der Waals surface area contributed by atoms with Crippen LogP contribution in [0.15, 0.2) is 0 Å². The predicted octanol–water partition coefficient (Wildman–Crippen LogP) is 1.82. The number of aliphatic hydroxyl groups is 1. The van der Waals surface area contributed by atoms with E-state index in [1.54, 1.807) is 0 Å². The van der Waals surface area contributed by atoms with E-state index in [1.165, 1.54) is 0 Å². The molecule has 18 heavy (non-hydrogen) atoms. The molecule has 0 aromatic rings. The maximum atomic E-state index is 12.1. The third kappa shape index (κ3) is 5.83. The highest BCUT2D eigenvalue weighted by Gasteiger charge is 2.28. The summed E-state index contributed by atoms with van der Waals surface area (Å²) in [4.78, 5) is 12.1. The Hall–Kier alpha value is -0.610. The van der Waals surface area contributed by atoms with E-state index >= 15 is 0 Å². The number of amides is 1. The van der Waals surface area contributed by atoms with Crippen molar-refractivity contribution in [3.05, 3.63) is 0 Å². The largest absolute Gasteiger partial charge is 0.396 e. The fourth-order valence-corrected chi connectivity index (χ4v) is 1.72. The summed E-state index contributed by atoms with van der Waals surface area (Å²) in [5.74, 6) is 0.0134. The first-order valence-corrected chi connectivity index (χ1v) is 6.90. The van der Waals surface area contributed by atoms with Gasteiger partial charge in [-0.25, -0.2) is 0 Å². The van der Waals surface area contributed by atoms with Crippen LogP contribution in [0.1, 0.15) is 60.8 Å². The predicted molar refractivity (Wildman–Crippen MR) is 75.5 cm³/mol. The van der Waals surface area contributed by atoms with Crippen LogP contribution in [-0.2, 0) is 4.79 Å². The third-order valence-corrected chi connectivity index (χ3v) is 3.75. The Morgan fingerprint density at radius 1 is 1.22 bits per heavy atom. The van der Waals surface area contributed by atoms with Crippen molar-refractivity contribution in [2.24, 2.45) is 0 Å². The SMILES string of the molecule is CCC(C)(C)NC(=O)C(C)NC(C)(CC)CCO. The van der Waals surface area contributed by atoms with Gasteiger partial charge in [0.15, 0.2) is 0 Å². The Balaban J connectivity index is 4.47. The molecule has 0 aliphatic rings. The van der Waals surface area contributed by atoms with E-state index in [-0.39, 0.29) is 29.6 Å². The van der Waals surface area contributed by atoms with E-state index in [2.05, 4.69) is 24.5 Å². The molecule has 0 saturated heterocycles. The van der Waals surface area contributed by atoms with Crippen LogP contribution in [0.2, 0.25) is 0 Å². The molecule has 4 nitrogen and oxygen atoms in total. The van der Waals surface area contributed by atoms with Gasteiger partial charge in [0.1, 0.15) is 0 Å². The van der Waals surface area contributed by atoms with Crippen LogP contribution in [0, 0.1) is 0 Å². The Morgan fingerprint density at radius 3 is 2.17 bits per heavy atom. The zero-order valence-corrected chi connectivity index (χ0v) is 12.8. The second kappa shape index (κ2) is 7.10. The summed E-state index contributed by atoms with van der Waals surface area (Å²) >= 11 is 0. The third-order valence-electron chi connectivity index (χ3n) is 3.75. The van der Waals surface area contributed by atoms with Gasteiger partial charge >= 0.3 is 0 Å². The lowest BCUT2D eigenvalue weighted by Gasteiger charge is -2.34. The number of carbonyl (C=O) groups excluding carboxylic acids is 1. The van der Waals surface area contributed by atoms with Gasteiger partial charge < -0.3 is 15.7 Å². The summed E-state index contributed by atoms with van der Waals surface area (Å²) < 4.78 is 0. The van der Waals surface area contributed by atoms with Crippen LogP contribution in [0.3, 0.4) is 0 Å². The lowest BCUT2D eigenvalue weighted by Crippen LogP contribution is -2.56. The number of carbonyl (C=O) groups is 1. The summed E-state index contributed by atoms with van der Waals surface area (Å²) in [7, 11) is 0. The molecule has 1 amide bonds. The van der Waals surface area contributed by atoms with Crippen molar-refractivity contribution in [1.29, 1.82) is 0 Å². The van der Waals surface area contributed by atoms with Crippen LogP contribution in [-0.4, -0.2) is 34.7 Å². The molecule has 2 atom stereocenters. The molecule has 0 heterocycles. The monoisotopic (exact) mass is 258 g/mol. The summed E-state index contributed by atoms with van der Waals surface area (Å²) in [5.41, 5.74) is -0.367. The van der Waals surface area contributed by atoms with Gasteiger partial charge in [-0.3, -0.25) is 4.79 Å². The highest BCUT2D eigenvalue weighted by atomic mass is 16.3. The molecule has 3 N–H and O–H groups in total. The number of hydrogen-bond donors (Lipinski definition) is 3. The number of rotatable bonds is 8. The molecule has 0 radical (unpaired) electrons. The van der Waals surface area contributed by atoms with Crippen molar-refractivity contribution in [2.75, 3.05) is 6.61 Å². The Labute approximate surface area is 112 Å². The molecule has 108 valence electrons. The van der Waals surface area contributed by atoms with E-state index < -0.39 is 0 Å². The molecule has 0 aliphatic heterocycles. The van der Waals surface area contributed by atoms with Crippen molar-refractivity contribution in [3.63, 3.8) is 0 Å². The molecule has 0 aliphatic carbocycles. The first-order chi connectivity index (χ1) is 8.19. The van der Waals surface area contributed by atoms with Crippen LogP contribution in [0.25, 0.3) is 0 Å². The van der Waals surface area contributed by atoms with Crippen molar-refractivity contribution in [2.45, 2.75) is 77.9 Å². The lowest BCUT2D eigenvalue weighted by atomic mass is 9.93. The van der Waals surface area contributed by atoms with Crippen molar-refractivity contribution >= 4 is 5.91 Å². The summed E-state index contributed by atoms with van der Waals surface area (Å²) in [5, 5.41) is 15.4. The highest BCUT2D eigenvalue weighted by molar-refractivity contribution is 5.82. The van der Waals surface area contributed by atoms with E-state index in [0.29, 0.717) is 6.42 Å². The van der Waals surface area contributed by atoms with Crippen molar-refractivity contribution < 1.29 is 9.90 Å². The first kappa shape index (κ1) is 17.4. The van der Waals surface area contributed by atoms with Gasteiger partial charge in [-0.05, 0) is 47.0 Å². The molecular weight excluding hydrogens is 228 g/mol. The van der Waals surface area contributed by atoms with Crippen LogP contribution < -0.4 is 10.6 Å². The van der Waals surface area contributed by atoms with E-state index in [1.807, 2.05) is 27.7 Å². The average Bonchev–Trinajstić information content (AvgIpc) is 2.28. The number of hydrogen-bond acceptors (Lipinski definition) is 3. The Bertz CT molecular complexity index is 267. The lowest BCUT2D eigenvalue weighted by molar-refractivity contribution is -0.125. The standard InChI is InChI=1S/C14H30N2O2/c1-7-13(4,5)16-12(18)11(3)15-14(6,8-2)9-10-17/h11,15,17H,7-10H2,1-6H3,(H,16,18). The normalized spacial score (nSPS) is 17.1. The minimum absolute atomic E-state index is 0.0134. The second-order valence-electron chi connectivity index (χ2n) is 5.98. The Morgan fingerprint density at radius 2 is 1.78 bits per heavy atom. The average molecular weight is 258 g/mol. The molecule has 0 spiro atoms. The van der Waals surface area contributed by atoms with Crippen LogP contribution in [0.4, 0.5) is 0 Å². The molecule has 0 bridgehead atoms. The molecule has 0 fully saturated rings. The maximum Gasteiger partial charge on any atom is 0.237 e. The number of aliphatic hydroxyl groups excluding tert-OH is 1. The van der Waals surface area contributed by atoms with E-state index in [9.17, 15) is 4.79 Å². The van der Waals surface area contributed by atoms with Gasteiger partial charge in [-0.1, -0.05) is 13.8 Å². The minimum atomic E-state index is -0.257. The molecule has 0 saturated carbocycles. The van der Waals surface area contributed by atoms with Gasteiger partial charge in [0.25, 0.3) is 0 Å². The van der Waals surface area contributed by atoms with Crippen LogP contribution in [0.5, 0.6) is 0 Å². The molecule has 0 aromatic carbocycles. The second-order valence-corrected chi connectivity index (χ2v) is 5.98.